The van der Waals surface area contributed by atoms with Crippen LogP contribution in [0, 0.1) is 11.7 Å². The molecule has 7 nitrogen and oxygen atoms in total. The van der Waals surface area contributed by atoms with E-state index in [-0.39, 0.29) is 22.9 Å². The Balaban J connectivity index is 1.91. The molecule has 134 valence electrons. The maximum Gasteiger partial charge on any atom is 0.410 e. The molecule has 9 heteroatoms. The second kappa shape index (κ2) is 7.00. The molecule has 0 saturated carbocycles. The molecule has 0 N–H and O–H groups in total. The number of amides is 1. The zero-order valence-electron chi connectivity index (χ0n) is 14.0. The monoisotopic (exact) mass is 359 g/mol. The summed E-state index contributed by atoms with van der Waals surface area (Å²) in [6.07, 6.45) is 2.40. The van der Waals surface area contributed by atoms with Gasteiger partial charge in [-0.05, 0) is 39.5 Å². The fourth-order valence-corrected chi connectivity index (χ4v) is 3.98. The Hall–Kier alpha value is -1.77. The lowest BCUT2D eigenvalue weighted by molar-refractivity contribution is 0.0191. The van der Waals surface area contributed by atoms with Crippen LogP contribution in [-0.2, 0) is 14.6 Å². The van der Waals surface area contributed by atoms with Crippen molar-refractivity contribution in [3.05, 3.63) is 18.2 Å². The highest BCUT2D eigenvalue weighted by molar-refractivity contribution is 7.91. The van der Waals surface area contributed by atoms with Crippen molar-refractivity contribution in [3.8, 4) is 0 Å². The molecule has 2 rings (SSSR count). The largest absolute Gasteiger partial charge is 0.444 e. The van der Waals surface area contributed by atoms with Crippen LogP contribution in [0.25, 0.3) is 0 Å². The molecule has 1 saturated heterocycles. The van der Waals surface area contributed by atoms with Crippen LogP contribution in [0.2, 0.25) is 0 Å². The molecule has 0 spiro atoms. The molecule has 1 aliphatic rings. The lowest BCUT2D eigenvalue weighted by atomic mass is 9.99. The molecule has 1 aliphatic heterocycles. The van der Waals surface area contributed by atoms with Crippen molar-refractivity contribution in [3.63, 3.8) is 0 Å². The number of piperidine rings is 1. The third-order valence-electron chi connectivity index (χ3n) is 3.60. The molecular formula is C15H22FN3O4S. The Morgan fingerprint density at radius 2 is 1.83 bits per heavy atom. The Bertz CT molecular complexity index is 678. The summed E-state index contributed by atoms with van der Waals surface area (Å²) in [4.78, 5) is 20.7. The summed E-state index contributed by atoms with van der Waals surface area (Å²) in [5.74, 6) is -0.886. The number of hydrogen-bond donors (Lipinski definition) is 0. The van der Waals surface area contributed by atoms with Crippen molar-refractivity contribution >= 4 is 15.9 Å². The van der Waals surface area contributed by atoms with Crippen LogP contribution in [0.15, 0.2) is 17.6 Å². The van der Waals surface area contributed by atoms with Crippen LogP contribution < -0.4 is 0 Å². The standard InChI is InChI=1S/C15H22FN3O4S/c1-15(2,3)23-14(20)19-6-4-11(5-7-19)10-24(21,22)13-17-8-12(16)9-18-13/h8-9,11H,4-7,10H2,1-3H3. The highest BCUT2D eigenvalue weighted by atomic mass is 32.2. The second-order valence-electron chi connectivity index (χ2n) is 6.88. The predicted molar refractivity (Wildman–Crippen MR) is 84.6 cm³/mol. The molecule has 1 aromatic rings. The van der Waals surface area contributed by atoms with Crippen LogP contribution >= 0.6 is 0 Å². The number of carbonyl (C=O) groups excluding carboxylic acids is 1. The van der Waals surface area contributed by atoms with Gasteiger partial charge in [-0.2, -0.15) is 0 Å². The molecule has 1 amide bonds. The lowest BCUT2D eigenvalue weighted by Gasteiger charge is -2.33. The first kappa shape index (κ1) is 18.6. The van der Waals surface area contributed by atoms with Gasteiger partial charge >= 0.3 is 6.09 Å². The highest BCUT2D eigenvalue weighted by Gasteiger charge is 2.30. The number of halogens is 1. The van der Waals surface area contributed by atoms with Crippen molar-refractivity contribution in [2.45, 2.75) is 44.4 Å². The molecule has 0 unspecified atom stereocenters. The third-order valence-corrected chi connectivity index (χ3v) is 5.27. The summed E-state index contributed by atoms with van der Waals surface area (Å²) in [6.45, 7) is 6.28. The van der Waals surface area contributed by atoms with Gasteiger partial charge in [0.15, 0.2) is 5.82 Å². The van der Waals surface area contributed by atoms with E-state index in [1.807, 2.05) is 0 Å². The van der Waals surface area contributed by atoms with Crippen LogP contribution in [0.4, 0.5) is 9.18 Å². The average molecular weight is 359 g/mol. The van der Waals surface area contributed by atoms with Gasteiger partial charge < -0.3 is 9.64 Å². The van der Waals surface area contributed by atoms with Gasteiger partial charge in [0.25, 0.3) is 0 Å². The average Bonchev–Trinajstić information content (AvgIpc) is 2.46. The van der Waals surface area contributed by atoms with E-state index in [1.165, 1.54) is 0 Å². The molecule has 1 aromatic heterocycles. The minimum atomic E-state index is -3.67. The van der Waals surface area contributed by atoms with Gasteiger partial charge in [-0.1, -0.05) is 0 Å². The van der Waals surface area contributed by atoms with E-state index in [9.17, 15) is 17.6 Å². The van der Waals surface area contributed by atoms with Gasteiger partial charge in [0.1, 0.15) is 5.60 Å². The van der Waals surface area contributed by atoms with Gasteiger partial charge in [-0.25, -0.2) is 27.6 Å². The fourth-order valence-electron chi connectivity index (χ4n) is 2.45. The maximum absolute atomic E-state index is 12.8. The summed E-state index contributed by atoms with van der Waals surface area (Å²) in [5.41, 5.74) is -0.558. The Kier molecular flexibility index (Phi) is 5.42. The first-order valence-electron chi connectivity index (χ1n) is 7.75. The van der Waals surface area contributed by atoms with E-state index in [0.717, 1.165) is 12.4 Å². The Morgan fingerprint density at radius 3 is 2.33 bits per heavy atom. The zero-order chi connectivity index (χ0) is 18.0. The first-order valence-corrected chi connectivity index (χ1v) is 9.40. The van der Waals surface area contributed by atoms with Gasteiger partial charge in [0.2, 0.25) is 15.0 Å². The number of ether oxygens (including phenoxy) is 1. The van der Waals surface area contributed by atoms with E-state index in [0.29, 0.717) is 25.9 Å². The second-order valence-corrected chi connectivity index (χ2v) is 8.80. The number of hydrogen-bond acceptors (Lipinski definition) is 6. The van der Waals surface area contributed by atoms with E-state index in [4.69, 9.17) is 4.74 Å². The van der Waals surface area contributed by atoms with Crippen molar-refractivity contribution in [2.24, 2.45) is 5.92 Å². The SMILES string of the molecule is CC(C)(C)OC(=O)N1CCC(CS(=O)(=O)c2ncc(F)cn2)CC1. The molecule has 24 heavy (non-hydrogen) atoms. The number of aromatic nitrogens is 2. The van der Waals surface area contributed by atoms with Crippen molar-refractivity contribution in [2.75, 3.05) is 18.8 Å². The molecule has 0 aromatic carbocycles. The molecular weight excluding hydrogens is 337 g/mol. The summed E-state index contributed by atoms with van der Waals surface area (Å²) in [6, 6.07) is 0. The van der Waals surface area contributed by atoms with Gasteiger partial charge in [-0.15, -0.1) is 0 Å². The van der Waals surface area contributed by atoms with Gasteiger partial charge in [-0.3, -0.25) is 0 Å². The molecule has 0 atom stereocenters. The van der Waals surface area contributed by atoms with Crippen molar-refractivity contribution < 1.29 is 22.3 Å². The van der Waals surface area contributed by atoms with E-state index < -0.39 is 21.3 Å². The molecule has 0 radical (unpaired) electrons. The molecule has 0 bridgehead atoms. The van der Waals surface area contributed by atoms with Crippen LogP contribution in [0.5, 0.6) is 0 Å². The maximum atomic E-state index is 12.8. The smallest absolute Gasteiger partial charge is 0.410 e. The number of likely N-dealkylation sites (tertiary alicyclic amines) is 1. The van der Waals surface area contributed by atoms with Crippen LogP contribution in [-0.4, -0.2) is 53.8 Å². The van der Waals surface area contributed by atoms with Crippen molar-refractivity contribution in [1.82, 2.24) is 14.9 Å². The summed E-state index contributed by atoms with van der Waals surface area (Å²) >= 11 is 0. The zero-order valence-corrected chi connectivity index (χ0v) is 14.8. The minimum Gasteiger partial charge on any atom is -0.444 e. The summed E-state index contributed by atoms with van der Waals surface area (Å²) in [5, 5.41) is -0.363. The topological polar surface area (TPSA) is 89.5 Å². The fraction of sp³-hybridized carbons (Fsp3) is 0.667. The third kappa shape index (κ3) is 5.12. The molecule has 0 aliphatic carbocycles. The van der Waals surface area contributed by atoms with Crippen molar-refractivity contribution in [1.29, 1.82) is 0 Å². The number of carbonyl (C=O) groups is 1. The summed E-state index contributed by atoms with van der Waals surface area (Å²) in [7, 11) is -3.67. The van der Waals surface area contributed by atoms with Crippen LogP contribution in [0.1, 0.15) is 33.6 Å². The van der Waals surface area contributed by atoms with E-state index >= 15 is 0 Å². The Labute approximate surface area is 141 Å². The first-order chi connectivity index (χ1) is 11.1. The molecule has 2 heterocycles. The highest BCUT2D eigenvalue weighted by Crippen LogP contribution is 2.22. The lowest BCUT2D eigenvalue weighted by Crippen LogP contribution is -2.42. The van der Waals surface area contributed by atoms with Gasteiger partial charge in [0, 0.05) is 13.1 Å². The number of rotatable bonds is 3. The van der Waals surface area contributed by atoms with Gasteiger partial charge in [0.05, 0.1) is 18.1 Å². The summed E-state index contributed by atoms with van der Waals surface area (Å²) < 4.78 is 42.6. The molecule has 1 fully saturated rings. The minimum absolute atomic E-state index is 0.0951. The quantitative estimate of drug-likeness (QED) is 0.767. The van der Waals surface area contributed by atoms with E-state index in [1.54, 1.807) is 25.7 Å². The predicted octanol–water partition coefficient (Wildman–Crippen LogP) is 2.04. The Morgan fingerprint density at radius 1 is 1.29 bits per heavy atom. The number of sulfone groups is 1. The van der Waals surface area contributed by atoms with Crippen LogP contribution in [0.3, 0.4) is 0 Å². The number of nitrogens with zero attached hydrogens (tertiary/aromatic N) is 3. The van der Waals surface area contributed by atoms with E-state index in [2.05, 4.69) is 9.97 Å². The normalized spacial score (nSPS) is 16.9.